The highest BCUT2D eigenvalue weighted by molar-refractivity contribution is 7.99. The zero-order valence-corrected chi connectivity index (χ0v) is 12.3. The molecule has 2 aromatic rings. The minimum Gasteiger partial charge on any atom is -0.497 e. The number of rotatable bonds is 6. The largest absolute Gasteiger partial charge is 0.497 e. The van der Waals surface area contributed by atoms with Crippen LogP contribution >= 0.6 is 11.8 Å². The van der Waals surface area contributed by atoms with E-state index in [1.807, 2.05) is 36.4 Å². The molecule has 0 N–H and O–H groups in total. The van der Waals surface area contributed by atoms with E-state index in [1.54, 1.807) is 26.0 Å². The first-order chi connectivity index (χ1) is 9.78. The quantitative estimate of drug-likeness (QED) is 0.602. The van der Waals surface area contributed by atoms with Crippen molar-refractivity contribution in [2.75, 3.05) is 20.0 Å². The Hall–Kier alpha value is -2.01. The number of hydrogen-bond donors (Lipinski definition) is 0. The number of aromatic nitrogens is 2. The van der Waals surface area contributed by atoms with Crippen LogP contribution in [0.2, 0.25) is 0 Å². The Morgan fingerprint density at radius 3 is 2.60 bits per heavy atom. The van der Waals surface area contributed by atoms with E-state index in [9.17, 15) is 0 Å². The number of methoxy groups -OCH3 is 2. The minimum atomic E-state index is 0.742. The molecular weight excluding hydrogens is 272 g/mol. The molecule has 1 heterocycles. The maximum Gasteiger partial charge on any atom is 0.128 e. The van der Waals surface area contributed by atoms with Crippen LogP contribution in [0.4, 0.5) is 0 Å². The van der Waals surface area contributed by atoms with Gasteiger partial charge in [-0.15, -0.1) is 28.5 Å². The second-order valence-electron chi connectivity index (χ2n) is 3.92. The van der Waals surface area contributed by atoms with Gasteiger partial charge in [0.05, 0.1) is 19.9 Å². The molecule has 2 rings (SSSR count). The third-order valence-electron chi connectivity index (χ3n) is 2.67. The molecule has 0 aliphatic heterocycles. The van der Waals surface area contributed by atoms with Crippen molar-refractivity contribution in [3.05, 3.63) is 43.0 Å². The summed E-state index contributed by atoms with van der Waals surface area (Å²) in [7, 11) is 3.26. The lowest BCUT2D eigenvalue weighted by Crippen LogP contribution is -1.94. The topological polar surface area (TPSA) is 44.2 Å². The molecule has 0 unspecified atom stereocenters. The number of benzene rings is 1. The Morgan fingerprint density at radius 1 is 1.15 bits per heavy atom. The first-order valence-electron chi connectivity index (χ1n) is 6.08. The predicted molar refractivity (Wildman–Crippen MR) is 81.5 cm³/mol. The Labute approximate surface area is 122 Å². The molecular formula is C15H16N2O2S. The van der Waals surface area contributed by atoms with Gasteiger partial charge < -0.3 is 9.47 Å². The summed E-state index contributed by atoms with van der Waals surface area (Å²) in [5.74, 6) is 2.32. The molecule has 0 amide bonds. The van der Waals surface area contributed by atoms with Crippen molar-refractivity contribution >= 4 is 11.8 Å². The van der Waals surface area contributed by atoms with Crippen LogP contribution in [0.1, 0.15) is 0 Å². The Balaban J connectivity index is 2.32. The highest BCUT2D eigenvalue weighted by atomic mass is 32.2. The average molecular weight is 288 g/mol. The molecule has 1 aromatic carbocycles. The summed E-state index contributed by atoms with van der Waals surface area (Å²) in [6, 6.07) is 9.46. The van der Waals surface area contributed by atoms with Crippen molar-refractivity contribution in [3.8, 4) is 22.8 Å². The summed E-state index contributed by atoms with van der Waals surface area (Å²) >= 11 is 1.59. The van der Waals surface area contributed by atoms with Crippen molar-refractivity contribution in [1.82, 2.24) is 10.2 Å². The fraction of sp³-hybridized carbons (Fsp3) is 0.200. The molecule has 0 bridgehead atoms. The average Bonchev–Trinajstić information content (AvgIpc) is 2.52. The van der Waals surface area contributed by atoms with Gasteiger partial charge in [-0.2, -0.15) is 0 Å². The van der Waals surface area contributed by atoms with Gasteiger partial charge in [-0.25, -0.2) is 0 Å². The molecule has 20 heavy (non-hydrogen) atoms. The molecule has 1 aromatic heterocycles. The fourth-order valence-electron chi connectivity index (χ4n) is 1.70. The van der Waals surface area contributed by atoms with Crippen molar-refractivity contribution in [3.63, 3.8) is 0 Å². The van der Waals surface area contributed by atoms with Crippen LogP contribution in [-0.2, 0) is 0 Å². The van der Waals surface area contributed by atoms with E-state index in [2.05, 4.69) is 16.8 Å². The van der Waals surface area contributed by atoms with Gasteiger partial charge in [0, 0.05) is 11.3 Å². The third kappa shape index (κ3) is 3.30. The van der Waals surface area contributed by atoms with Crippen LogP contribution < -0.4 is 9.47 Å². The first-order valence-corrected chi connectivity index (χ1v) is 7.07. The second-order valence-corrected chi connectivity index (χ2v) is 4.96. The van der Waals surface area contributed by atoms with Crippen LogP contribution in [0.25, 0.3) is 11.3 Å². The lowest BCUT2D eigenvalue weighted by atomic mass is 10.1. The van der Waals surface area contributed by atoms with Gasteiger partial charge >= 0.3 is 0 Å². The Bertz CT molecular complexity index is 585. The van der Waals surface area contributed by atoms with Gasteiger partial charge in [0.15, 0.2) is 0 Å². The zero-order valence-electron chi connectivity index (χ0n) is 11.5. The predicted octanol–water partition coefficient (Wildman–Crippen LogP) is 3.44. The highest BCUT2D eigenvalue weighted by Gasteiger charge is 2.09. The van der Waals surface area contributed by atoms with Gasteiger partial charge in [0.1, 0.15) is 16.5 Å². The van der Waals surface area contributed by atoms with Gasteiger partial charge in [-0.1, -0.05) is 6.08 Å². The summed E-state index contributed by atoms with van der Waals surface area (Å²) in [5.41, 5.74) is 1.61. The molecule has 0 aliphatic rings. The smallest absolute Gasteiger partial charge is 0.128 e. The summed E-state index contributed by atoms with van der Waals surface area (Å²) in [6.45, 7) is 3.68. The van der Waals surface area contributed by atoms with E-state index in [0.717, 1.165) is 33.5 Å². The van der Waals surface area contributed by atoms with E-state index < -0.39 is 0 Å². The normalized spacial score (nSPS) is 10.1. The third-order valence-corrected chi connectivity index (χ3v) is 3.59. The van der Waals surface area contributed by atoms with Gasteiger partial charge in [-0.3, -0.25) is 0 Å². The molecule has 104 valence electrons. The van der Waals surface area contributed by atoms with E-state index in [0.29, 0.717) is 0 Å². The first kappa shape index (κ1) is 14.4. The zero-order chi connectivity index (χ0) is 14.4. The van der Waals surface area contributed by atoms with Crippen LogP contribution in [-0.4, -0.2) is 30.2 Å². The summed E-state index contributed by atoms with van der Waals surface area (Å²) in [6.07, 6.45) is 1.84. The van der Waals surface area contributed by atoms with Crippen LogP contribution in [0.15, 0.2) is 48.0 Å². The van der Waals surface area contributed by atoms with E-state index in [4.69, 9.17) is 9.47 Å². The van der Waals surface area contributed by atoms with Crippen molar-refractivity contribution in [2.45, 2.75) is 5.03 Å². The van der Waals surface area contributed by atoms with E-state index in [1.165, 1.54) is 0 Å². The van der Waals surface area contributed by atoms with Crippen molar-refractivity contribution in [1.29, 1.82) is 0 Å². The standard InChI is InChI=1S/C15H16N2O2S/c1-4-9-20-15-8-6-13(16-17-15)12-10-11(18-2)5-7-14(12)19-3/h4-8,10H,1,9H2,2-3H3. The van der Waals surface area contributed by atoms with E-state index >= 15 is 0 Å². The number of thioether (sulfide) groups is 1. The van der Waals surface area contributed by atoms with Gasteiger partial charge in [0.25, 0.3) is 0 Å². The molecule has 0 aliphatic carbocycles. The fourth-order valence-corrected chi connectivity index (χ4v) is 2.25. The molecule has 0 radical (unpaired) electrons. The molecule has 4 nitrogen and oxygen atoms in total. The summed E-state index contributed by atoms with van der Waals surface area (Å²) in [5, 5.41) is 9.31. The molecule has 5 heteroatoms. The number of hydrogen-bond acceptors (Lipinski definition) is 5. The molecule has 0 fully saturated rings. The van der Waals surface area contributed by atoms with E-state index in [-0.39, 0.29) is 0 Å². The van der Waals surface area contributed by atoms with Crippen LogP contribution in [0.5, 0.6) is 11.5 Å². The maximum atomic E-state index is 5.35. The minimum absolute atomic E-state index is 0.742. The number of nitrogens with zero attached hydrogens (tertiary/aromatic N) is 2. The SMILES string of the molecule is C=CCSc1ccc(-c2cc(OC)ccc2OC)nn1. The Morgan fingerprint density at radius 2 is 2.00 bits per heavy atom. The van der Waals surface area contributed by atoms with Crippen LogP contribution in [0, 0.1) is 0 Å². The monoisotopic (exact) mass is 288 g/mol. The van der Waals surface area contributed by atoms with Crippen molar-refractivity contribution < 1.29 is 9.47 Å². The van der Waals surface area contributed by atoms with Crippen LogP contribution in [0.3, 0.4) is 0 Å². The molecule has 0 atom stereocenters. The maximum absolute atomic E-state index is 5.35. The highest BCUT2D eigenvalue weighted by Crippen LogP contribution is 2.32. The number of ether oxygens (including phenoxy) is 2. The molecule has 0 saturated heterocycles. The molecule has 0 spiro atoms. The summed E-state index contributed by atoms with van der Waals surface area (Å²) < 4.78 is 10.6. The molecule has 0 saturated carbocycles. The Kier molecular flexibility index (Phi) is 5.01. The van der Waals surface area contributed by atoms with Gasteiger partial charge in [0.2, 0.25) is 0 Å². The lowest BCUT2D eigenvalue weighted by Gasteiger charge is -2.09. The van der Waals surface area contributed by atoms with Gasteiger partial charge in [-0.05, 0) is 30.3 Å². The lowest BCUT2D eigenvalue weighted by molar-refractivity contribution is 0.404. The van der Waals surface area contributed by atoms with Crippen molar-refractivity contribution in [2.24, 2.45) is 0 Å². The second kappa shape index (κ2) is 6.96. The summed E-state index contributed by atoms with van der Waals surface area (Å²) in [4.78, 5) is 0.